The Labute approximate surface area is 210 Å². The Morgan fingerprint density at radius 1 is 0.833 bits per heavy atom. The number of aromatic nitrogens is 2. The van der Waals surface area contributed by atoms with E-state index in [0.717, 1.165) is 22.4 Å². The Morgan fingerprint density at radius 3 is 2.08 bits per heavy atom. The lowest BCUT2D eigenvalue weighted by Crippen LogP contribution is -2.51. The zero-order valence-corrected chi connectivity index (χ0v) is 20.2. The number of nitrogens with zero attached hydrogens (tertiary/aromatic N) is 4. The average molecular weight is 480 g/mol. The monoisotopic (exact) mass is 479 g/mol. The van der Waals surface area contributed by atoms with Crippen LogP contribution in [0.25, 0.3) is 16.9 Å². The fraction of sp³-hybridized carbons (Fsp3) is 0.207. The molecular formula is C29H29N5O2. The van der Waals surface area contributed by atoms with Crippen LogP contribution in [0.15, 0.2) is 91.1 Å². The molecule has 2 N–H and O–H groups in total. The lowest BCUT2D eigenvalue weighted by molar-refractivity contribution is -0.124. The molecule has 1 aliphatic rings. The van der Waals surface area contributed by atoms with E-state index in [1.54, 1.807) is 4.68 Å². The van der Waals surface area contributed by atoms with Gasteiger partial charge in [0.2, 0.25) is 5.91 Å². The quantitative estimate of drug-likeness (QED) is 0.456. The van der Waals surface area contributed by atoms with Crippen molar-refractivity contribution in [2.45, 2.75) is 13.0 Å². The predicted molar refractivity (Wildman–Crippen MR) is 140 cm³/mol. The third kappa shape index (κ3) is 4.65. The predicted octanol–water partition coefficient (Wildman–Crippen LogP) is 3.83. The fourth-order valence-corrected chi connectivity index (χ4v) is 4.82. The summed E-state index contributed by atoms with van der Waals surface area (Å²) in [4.78, 5) is 30.0. The van der Waals surface area contributed by atoms with Gasteiger partial charge in [0.15, 0.2) is 0 Å². The van der Waals surface area contributed by atoms with Crippen molar-refractivity contribution in [2.24, 2.45) is 5.73 Å². The summed E-state index contributed by atoms with van der Waals surface area (Å²) in [6, 6.07) is 26.8. The van der Waals surface area contributed by atoms with Gasteiger partial charge in [-0.15, -0.1) is 0 Å². The third-order valence-corrected chi connectivity index (χ3v) is 6.72. The number of carbonyl (C=O) groups excluding carboxylic acids is 2. The molecule has 1 saturated heterocycles. The number of amides is 2. The SMILES string of the molecule is Cc1ccccc1-c1nn(-c2ccccc2)cc1C(=O)N1CCN([C@@H](C(N)=O)c2ccccc2)CC1. The summed E-state index contributed by atoms with van der Waals surface area (Å²) in [5, 5.41) is 4.83. The highest BCUT2D eigenvalue weighted by Gasteiger charge is 2.32. The fourth-order valence-electron chi connectivity index (χ4n) is 4.82. The van der Waals surface area contributed by atoms with Crippen LogP contribution < -0.4 is 5.73 Å². The van der Waals surface area contributed by atoms with E-state index in [-0.39, 0.29) is 11.8 Å². The first-order valence-corrected chi connectivity index (χ1v) is 12.1. The summed E-state index contributed by atoms with van der Waals surface area (Å²) in [6.07, 6.45) is 1.82. The van der Waals surface area contributed by atoms with E-state index >= 15 is 0 Å². The standard InChI is InChI=1S/C29H29N5O2/c1-21-10-8-9-15-24(21)26-25(20-34(31-26)23-13-6-3-7-14-23)29(36)33-18-16-32(17-19-33)27(28(30)35)22-11-4-2-5-12-22/h2-15,20,27H,16-19H2,1H3,(H2,30,35)/t27-/m1/s1. The Bertz CT molecular complexity index is 1360. The largest absolute Gasteiger partial charge is 0.368 e. The Morgan fingerprint density at radius 2 is 1.44 bits per heavy atom. The molecule has 2 amide bonds. The molecule has 0 unspecified atom stereocenters. The van der Waals surface area contributed by atoms with Crippen LogP contribution in [0, 0.1) is 6.92 Å². The normalized spacial score (nSPS) is 15.0. The zero-order valence-electron chi connectivity index (χ0n) is 20.2. The molecule has 0 saturated carbocycles. The van der Waals surface area contributed by atoms with Crippen molar-refractivity contribution >= 4 is 11.8 Å². The molecule has 7 nitrogen and oxygen atoms in total. The highest BCUT2D eigenvalue weighted by atomic mass is 16.2. The highest BCUT2D eigenvalue weighted by molar-refractivity contribution is 6.00. The van der Waals surface area contributed by atoms with Gasteiger partial charge < -0.3 is 10.6 Å². The second-order valence-corrected chi connectivity index (χ2v) is 9.03. The molecule has 1 aromatic heterocycles. The van der Waals surface area contributed by atoms with Crippen LogP contribution in [0.2, 0.25) is 0 Å². The molecule has 7 heteroatoms. The van der Waals surface area contributed by atoms with Crippen LogP contribution in [-0.2, 0) is 4.79 Å². The summed E-state index contributed by atoms with van der Waals surface area (Å²) in [5.74, 6) is -0.447. The summed E-state index contributed by atoms with van der Waals surface area (Å²) in [7, 11) is 0. The summed E-state index contributed by atoms with van der Waals surface area (Å²) < 4.78 is 1.77. The van der Waals surface area contributed by atoms with Crippen LogP contribution in [-0.4, -0.2) is 57.6 Å². The van der Waals surface area contributed by atoms with Crippen LogP contribution in [0.3, 0.4) is 0 Å². The number of aryl methyl sites for hydroxylation is 1. The molecule has 4 aromatic rings. The van der Waals surface area contributed by atoms with Gasteiger partial charge >= 0.3 is 0 Å². The minimum absolute atomic E-state index is 0.0644. The van der Waals surface area contributed by atoms with Crippen LogP contribution >= 0.6 is 0 Å². The highest BCUT2D eigenvalue weighted by Crippen LogP contribution is 2.29. The van der Waals surface area contributed by atoms with Crippen LogP contribution in [0.5, 0.6) is 0 Å². The van der Waals surface area contributed by atoms with Crippen molar-refractivity contribution in [2.75, 3.05) is 26.2 Å². The molecule has 5 rings (SSSR count). The van der Waals surface area contributed by atoms with E-state index in [1.807, 2.05) is 103 Å². The van der Waals surface area contributed by atoms with Crippen LogP contribution in [0.4, 0.5) is 0 Å². The number of piperazine rings is 1. The number of benzene rings is 3. The van der Waals surface area contributed by atoms with Gasteiger partial charge in [0, 0.05) is 37.9 Å². The molecule has 1 atom stereocenters. The van der Waals surface area contributed by atoms with Gasteiger partial charge in [-0.1, -0.05) is 72.8 Å². The van der Waals surface area contributed by atoms with Gasteiger partial charge in [0.1, 0.15) is 11.7 Å². The van der Waals surface area contributed by atoms with Crippen molar-refractivity contribution in [3.8, 4) is 16.9 Å². The first-order chi connectivity index (χ1) is 17.5. The van der Waals surface area contributed by atoms with Crippen molar-refractivity contribution in [3.05, 3.63) is 108 Å². The summed E-state index contributed by atoms with van der Waals surface area (Å²) in [5.41, 5.74) is 10.8. The number of hydrogen-bond donors (Lipinski definition) is 1. The second kappa shape index (κ2) is 10.2. The zero-order chi connectivity index (χ0) is 25.1. The minimum Gasteiger partial charge on any atom is -0.368 e. The van der Waals surface area contributed by atoms with Gasteiger partial charge in [0.05, 0.1) is 11.3 Å². The number of hydrogen-bond acceptors (Lipinski definition) is 4. The molecule has 1 aliphatic heterocycles. The Kier molecular flexibility index (Phi) is 6.64. The smallest absolute Gasteiger partial charge is 0.257 e. The maximum absolute atomic E-state index is 13.8. The van der Waals surface area contributed by atoms with Crippen molar-refractivity contribution in [3.63, 3.8) is 0 Å². The van der Waals surface area contributed by atoms with E-state index in [9.17, 15) is 9.59 Å². The summed E-state index contributed by atoms with van der Waals surface area (Å²) in [6.45, 7) is 4.14. The topological polar surface area (TPSA) is 84.5 Å². The lowest BCUT2D eigenvalue weighted by atomic mass is 10.0. The van der Waals surface area contributed by atoms with Crippen molar-refractivity contribution in [1.29, 1.82) is 0 Å². The average Bonchev–Trinajstić information content (AvgIpc) is 3.35. The van der Waals surface area contributed by atoms with Gasteiger partial charge in [-0.25, -0.2) is 4.68 Å². The maximum atomic E-state index is 13.8. The molecule has 182 valence electrons. The summed E-state index contributed by atoms with van der Waals surface area (Å²) >= 11 is 0. The number of nitrogens with two attached hydrogens (primary N) is 1. The lowest BCUT2D eigenvalue weighted by Gasteiger charge is -2.38. The van der Waals surface area contributed by atoms with Crippen molar-refractivity contribution < 1.29 is 9.59 Å². The Hall–Kier alpha value is -4.23. The van der Waals surface area contributed by atoms with E-state index in [2.05, 4.69) is 4.90 Å². The number of para-hydroxylation sites is 1. The van der Waals surface area contributed by atoms with Gasteiger partial charge in [-0.05, 0) is 30.2 Å². The molecular weight excluding hydrogens is 450 g/mol. The van der Waals surface area contributed by atoms with Crippen molar-refractivity contribution in [1.82, 2.24) is 19.6 Å². The third-order valence-electron chi connectivity index (χ3n) is 6.72. The molecule has 0 radical (unpaired) electrons. The number of carbonyl (C=O) groups is 2. The molecule has 2 heterocycles. The minimum atomic E-state index is -0.508. The van der Waals surface area contributed by atoms with Gasteiger partial charge in [0.25, 0.3) is 5.91 Å². The number of primary amides is 1. The first kappa shape index (κ1) is 23.5. The van der Waals surface area contributed by atoms with E-state index in [4.69, 9.17) is 10.8 Å². The molecule has 0 bridgehead atoms. The van der Waals surface area contributed by atoms with Gasteiger partial charge in [-0.2, -0.15) is 5.10 Å². The molecule has 0 aliphatic carbocycles. The van der Waals surface area contributed by atoms with E-state index in [0.29, 0.717) is 37.4 Å². The van der Waals surface area contributed by atoms with Gasteiger partial charge in [-0.3, -0.25) is 14.5 Å². The molecule has 0 spiro atoms. The number of rotatable bonds is 6. The Balaban J connectivity index is 1.41. The second-order valence-electron chi connectivity index (χ2n) is 9.03. The maximum Gasteiger partial charge on any atom is 0.257 e. The van der Waals surface area contributed by atoms with E-state index < -0.39 is 6.04 Å². The molecule has 1 fully saturated rings. The molecule has 36 heavy (non-hydrogen) atoms. The van der Waals surface area contributed by atoms with Crippen LogP contribution in [0.1, 0.15) is 27.5 Å². The van der Waals surface area contributed by atoms with E-state index in [1.165, 1.54) is 0 Å². The molecule has 3 aromatic carbocycles. The first-order valence-electron chi connectivity index (χ1n) is 12.1.